The summed E-state index contributed by atoms with van der Waals surface area (Å²) in [6, 6.07) is 7.05. The number of esters is 1. The molecule has 8 nitrogen and oxygen atoms in total. The fourth-order valence-corrected chi connectivity index (χ4v) is 3.84. The summed E-state index contributed by atoms with van der Waals surface area (Å²) >= 11 is 0. The van der Waals surface area contributed by atoms with E-state index in [0.29, 0.717) is 17.7 Å². The van der Waals surface area contributed by atoms with Crippen LogP contribution in [0.4, 0.5) is 23.2 Å². The quantitative estimate of drug-likeness (QED) is 0.257. The molecule has 0 radical (unpaired) electrons. The van der Waals surface area contributed by atoms with Crippen molar-refractivity contribution >= 4 is 32.8 Å². The smallest absolute Gasteiger partial charge is 0.465 e. The average Bonchev–Trinajstić information content (AvgIpc) is 2.76. The Labute approximate surface area is 184 Å². The van der Waals surface area contributed by atoms with E-state index in [2.05, 4.69) is 24.2 Å². The molecule has 1 N–H and O–H groups in total. The van der Waals surface area contributed by atoms with Gasteiger partial charge in [0.1, 0.15) is 11.5 Å². The van der Waals surface area contributed by atoms with Crippen LogP contribution in [0.2, 0.25) is 0 Å². The summed E-state index contributed by atoms with van der Waals surface area (Å²) in [7, 11) is -4.85. The van der Waals surface area contributed by atoms with E-state index in [1.807, 2.05) is 0 Å². The van der Waals surface area contributed by atoms with Crippen LogP contribution < -0.4 is 9.50 Å². The van der Waals surface area contributed by atoms with Crippen molar-refractivity contribution in [2.24, 2.45) is 0 Å². The van der Waals surface area contributed by atoms with Gasteiger partial charge in [-0.3, -0.25) is 0 Å². The van der Waals surface area contributed by atoms with Gasteiger partial charge in [0.05, 0.1) is 29.7 Å². The van der Waals surface area contributed by atoms with Crippen LogP contribution in [0, 0.1) is 5.82 Å². The molecule has 33 heavy (non-hydrogen) atoms. The van der Waals surface area contributed by atoms with Crippen molar-refractivity contribution in [2.45, 2.75) is 24.4 Å². The molecule has 0 fully saturated rings. The summed E-state index contributed by atoms with van der Waals surface area (Å²) < 4.78 is 84.7. The maximum absolute atomic E-state index is 13.5. The normalized spacial score (nSPS) is 16.1. The molecule has 1 aliphatic rings. The number of alkyl halides is 3. The third kappa shape index (κ3) is 4.40. The molecule has 0 saturated heterocycles. The number of ether oxygens (including phenoxy) is 1. The van der Waals surface area contributed by atoms with Gasteiger partial charge in [0.2, 0.25) is 0 Å². The standard InChI is InChI=1S/C20H15F4N3O5S/c1-31-19(28)11-3-5-14-16(9-11)26-17(18(27-14)32-33(29,30)20(22,23)24)15-6-2-10-8-12(21)4-7-13(10)25-15/h3-5,7-9,15,25H,2,6H2,1H3. The molecule has 4 rings (SSSR count). The zero-order chi connectivity index (χ0) is 24.0. The van der Waals surface area contributed by atoms with Crippen molar-refractivity contribution in [3.63, 3.8) is 0 Å². The fraction of sp³-hybridized carbons (Fsp3) is 0.250. The Balaban J connectivity index is 1.83. The minimum atomic E-state index is -6.03. The van der Waals surface area contributed by atoms with E-state index in [4.69, 9.17) is 0 Å². The van der Waals surface area contributed by atoms with E-state index in [0.717, 1.165) is 0 Å². The molecular formula is C20H15F4N3O5S. The lowest BCUT2D eigenvalue weighted by Crippen LogP contribution is -2.30. The molecule has 13 heteroatoms. The highest BCUT2D eigenvalue weighted by Gasteiger charge is 2.49. The Morgan fingerprint density at radius 1 is 1.12 bits per heavy atom. The molecule has 1 aromatic heterocycles. The molecule has 2 heterocycles. The van der Waals surface area contributed by atoms with E-state index in [1.165, 1.54) is 43.5 Å². The number of benzene rings is 2. The highest BCUT2D eigenvalue weighted by atomic mass is 32.2. The zero-order valence-electron chi connectivity index (χ0n) is 16.8. The predicted octanol–water partition coefficient (Wildman–Crippen LogP) is 3.88. The molecule has 2 aromatic carbocycles. The highest BCUT2D eigenvalue weighted by Crippen LogP contribution is 2.37. The average molecular weight is 485 g/mol. The first-order valence-corrected chi connectivity index (χ1v) is 10.8. The van der Waals surface area contributed by atoms with E-state index >= 15 is 0 Å². The Morgan fingerprint density at radius 2 is 1.88 bits per heavy atom. The number of hydrogen-bond acceptors (Lipinski definition) is 8. The number of anilines is 1. The van der Waals surface area contributed by atoms with Gasteiger partial charge in [-0.15, -0.1) is 0 Å². The number of methoxy groups -OCH3 is 1. The van der Waals surface area contributed by atoms with Crippen LogP contribution in [0.5, 0.6) is 5.88 Å². The lowest BCUT2D eigenvalue weighted by atomic mass is 9.96. The third-order valence-electron chi connectivity index (χ3n) is 4.98. The molecule has 1 atom stereocenters. The van der Waals surface area contributed by atoms with Crippen LogP contribution in [0.3, 0.4) is 0 Å². The van der Waals surface area contributed by atoms with Gasteiger partial charge in [0.15, 0.2) is 0 Å². The molecule has 1 aliphatic heterocycles. The fourth-order valence-electron chi connectivity index (χ4n) is 3.41. The molecule has 0 spiro atoms. The monoisotopic (exact) mass is 485 g/mol. The van der Waals surface area contributed by atoms with Crippen LogP contribution in [0.25, 0.3) is 11.0 Å². The number of fused-ring (bicyclic) bond motifs is 2. The van der Waals surface area contributed by atoms with Gasteiger partial charge in [-0.1, -0.05) is 0 Å². The summed E-state index contributed by atoms with van der Waals surface area (Å²) in [5.41, 5.74) is -4.54. The molecule has 3 aromatic rings. The first-order valence-electron chi connectivity index (χ1n) is 9.44. The molecule has 0 aliphatic carbocycles. The van der Waals surface area contributed by atoms with Crippen molar-refractivity contribution < 1.29 is 39.7 Å². The van der Waals surface area contributed by atoms with Crippen LogP contribution in [-0.2, 0) is 21.3 Å². The van der Waals surface area contributed by atoms with Crippen LogP contribution in [0.15, 0.2) is 36.4 Å². The summed E-state index contributed by atoms with van der Waals surface area (Å²) in [5.74, 6) is -1.98. The van der Waals surface area contributed by atoms with Gasteiger partial charge in [-0.2, -0.15) is 21.6 Å². The van der Waals surface area contributed by atoms with Gasteiger partial charge in [0.25, 0.3) is 5.88 Å². The van der Waals surface area contributed by atoms with Crippen LogP contribution >= 0.6 is 0 Å². The SMILES string of the molecule is COC(=O)c1ccc2nc(OS(=O)(=O)C(F)(F)F)c(C3CCc4cc(F)ccc4N3)nc2c1. The summed E-state index contributed by atoms with van der Waals surface area (Å²) in [6.45, 7) is 0. The molecule has 1 unspecified atom stereocenters. The van der Waals surface area contributed by atoms with E-state index in [1.54, 1.807) is 0 Å². The van der Waals surface area contributed by atoms with E-state index in [-0.39, 0.29) is 28.7 Å². The number of carbonyl (C=O) groups is 1. The minimum absolute atomic E-state index is 0.00272. The Kier molecular flexibility index (Phi) is 5.60. The second-order valence-corrected chi connectivity index (χ2v) is 8.67. The number of nitrogens with zero attached hydrogens (tertiary/aromatic N) is 2. The topological polar surface area (TPSA) is 107 Å². The van der Waals surface area contributed by atoms with Gasteiger partial charge in [-0.25, -0.2) is 19.2 Å². The van der Waals surface area contributed by atoms with Crippen LogP contribution in [0.1, 0.15) is 34.1 Å². The first-order chi connectivity index (χ1) is 15.5. The van der Waals surface area contributed by atoms with Crippen molar-refractivity contribution in [3.8, 4) is 5.88 Å². The Hall–Kier alpha value is -3.48. The number of aromatic nitrogens is 2. The lowest BCUT2D eigenvalue weighted by Gasteiger charge is -2.27. The zero-order valence-corrected chi connectivity index (χ0v) is 17.6. The van der Waals surface area contributed by atoms with Crippen molar-refractivity contribution in [2.75, 3.05) is 12.4 Å². The second kappa shape index (κ2) is 8.14. The van der Waals surface area contributed by atoms with Crippen LogP contribution in [-0.4, -0.2) is 37.0 Å². The number of halogens is 4. The lowest BCUT2D eigenvalue weighted by molar-refractivity contribution is -0.0501. The molecule has 0 saturated carbocycles. The Bertz CT molecular complexity index is 1360. The van der Waals surface area contributed by atoms with Gasteiger partial charge in [0, 0.05) is 5.69 Å². The van der Waals surface area contributed by atoms with E-state index < -0.39 is 39.3 Å². The van der Waals surface area contributed by atoms with Crippen molar-refractivity contribution in [1.82, 2.24) is 9.97 Å². The number of aryl methyl sites for hydroxylation is 1. The van der Waals surface area contributed by atoms with Gasteiger partial charge >= 0.3 is 21.6 Å². The van der Waals surface area contributed by atoms with E-state index in [9.17, 15) is 30.8 Å². The number of nitrogens with one attached hydrogen (secondary N) is 1. The van der Waals surface area contributed by atoms with Gasteiger partial charge in [-0.05, 0) is 54.8 Å². The number of carbonyl (C=O) groups excluding carboxylic acids is 1. The maximum atomic E-state index is 13.5. The highest BCUT2D eigenvalue weighted by molar-refractivity contribution is 7.87. The number of rotatable bonds is 4. The third-order valence-corrected chi connectivity index (χ3v) is 5.92. The summed E-state index contributed by atoms with van der Waals surface area (Å²) in [5, 5.41) is 3.00. The largest absolute Gasteiger partial charge is 0.534 e. The minimum Gasteiger partial charge on any atom is -0.465 e. The summed E-state index contributed by atoms with van der Waals surface area (Å²) in [6.07, 6.45) is 0.563. The maximum Gasteiger partial charge on any atom is 0.534 e. The first kappa shape index (κ1) is 22.7. The van der Waals surface area contributed by atoms with Crippen molar-refractivity contribution in [1.29, 1.82) is 0 Å². The molecular weight excluding hydrogens is 470 g/mol. The number of hydrogen-bond donors (Lipinski definition) is 1. The molecule has 174 valence electrons. The molecule has 0 bridgehead atoms. The second-order valence-electron chi connectivity index (χ2n) is 7.13. The van der Waals surface area contributed by atoms with Crippen molar-refractivity contribution in [3.05, 3.63) is 59.0 Å². The predicted molar refractivity (Wildman–Crippen MR) is 108 cm³/mol. The van der Waals surface area contributed by atoms with Gasteiger partial charge < -0.3 is 14.2 Å². The summed E-state index contributed by atoms with van der Waals surface area (Å²) in [4.78, 5) is 20.0. The Morgan fingerprint density at radius 3 is 2.58 bits per heavy atom. The molecule has 0 amide bonds.